The number of alkyl halides is 3. The summed E-state index contributed by atoms with van der Waals surface area (Å²) >= 11 is 0. The molecule has 7 nitrogen and oxygen atoms in total. The Bertz CT molecular complexity index is 1010. The molecule has 1 aliphatic heterocycles. The first-order valence-corrected chi connectivity index (χ1v) is 8.54. The van der Waals surface area contributed by atoms with Gasteiger partial charge in [0, 0.05) is 11.1 Å². The molecule has 0 spiro atoms. The van der Waals surface area contributed by atoms with Crippen LogP contribution in [0.25, 0.3) is 11.4 Å². The highest BCUT2D eigenvalue weighted by Crippen LogP contribution is 2.35. The minimum absolute atomic E-state index is 0.161. The van der Waals surface area contributed by atoms with Crippen LogP contribution in [0.2, 0.25) is 0 Å². The van der Waals surface area contributed by atoms with E-state index in [0.717, 1.165) is 5.56 Å². The Morgan fingerprint density at radius 2 is 1.97 bits per heavy atom. The number of ether oxygens (including phenoxy) is 1. The number of hydrogen-bond acceptors (Lipinski definition) is 7. The molecule has 0 N–H and O–H groups in total. The zero-order valence-corrected chi connectivity index (χ0v) is 14.8. The van der Waals surface area contributed by atoms with Gasteiger partial charge in [-0.2, -0.15) is 18.2 Å². The molecule has 2 heterocycles. The second-order valence-corrected chi connectivity index (χ2v) is 6.26. The number of carbonyl (C=O) groups excluding carboxylic acids is 1. The van der Waals surface area contributed by atoms with Crippen LogP contribution in [0.5, 0.6) is 5.75 Å². The fourth-order valence-electron chi connectivity index (χ4n) is 3.05. The summed E-state index contributed by atoms with van der Waals surface area (Å²) in [6.45, 7) is 0.732. The number of halogens is 3. The SMILES string of the molecule is O=CON1Cc2ccc(-c3noc(C(F)(F)F)n3)cc2OCC1c1ccccc1. The normalized spacial score (nSPS) is 17.1. The standard InChI is InChI=1S/C19H14F3N3O4/c20-19(21,22)18-23-17(24-29-18)13-6-7-14-9-25(28-11-26)15(10-27-16(14)8-13)12-4-2-1-3-5-12/h1-8,11,15H,9-10H2. The monoisotopic (exact) mass is 405 g/mol. The minimum atomic E-state index is -4.72. The highest BCUT2D eigenvalue weighted by molar-refractivity contribution is 5.59. The summed E-state index contributed by atoms with van der Waals surface area (Å²) in [4.78, 5) is 19.5. The van der Waals surface area contributed by atoms with E-state index < -0.39 is 12.1 Å². The molecule has 1 atom stereocenters. The molecular weight excluding hydrogens is 391 g/mol. The van der Waals surface area contributed by atoms with Gasteiger partial charge in [0.15, 0.2) is 0 Å². The Morgan fingerprint density at radius 3 is 2.66 bits per heavy atom. The molecule has 2 aromatic carbocycles. The molecule has 0 amide bonds. The molecule has 0 fully saturated rings. The second kappa shape index (κ2) is 7.55. The van der Waals surface area contributed by atoms with Gasteiger partial charge in [-0.05, 0) is 11.6 Å². The van der Waals surface area contributed by atoms with Gasteiger partial charge in [0.1, 0.15) is 18.4 Å². The lowest BCUT2D eigenvalue weighted by Crippen LogP contribution is -2.30. The van der Waals surface area contributed by atoms with Crippen molar-refractivity contribution in [2.24, 2.45) is 0 Å². The van der Waals surface area contributed by atoms with Gasteiger partial charge in [-0.1, -0.05) is 47.6 Å². The minimum Gasteiger partial charge on any atom is -0.491 e. The van der Waals surface area contributed by atoms with E-state index in [0.29, 0.717) is 23.3 Å². The molecule has 10 heteroatoms. The third-order valence-corrected chi connectivity index (χ3v) is 4.43. The molecule has 1 unspecified atom stereocenters. The van der Waals surface area contributed by atoms with E-state index in [1.165, 1.54) is 11.1 Å². The molecule has 1 aromatic heterocycles. The average Bonchev–Trinajstić information content (AvgIpc) is 3.14. The van der Waals surface area contributed by atoms with Crippen LogP contribution in [0.4, 0.5) is 13.2 Å². The van der Waals surface area contributed by atoms with Crippen LogP contribution < -0.4 is 4.74 Å². The van der Waals surface area contributed by atoms with Crippen LogP contribution in [0.1, 0.15) is 23.1 Å². The Balaban J connectivity index is 1.64. The van der Waals surface area contributed by atoms with E-state index in [4.69, 9.17) is 9.57 Å². The Labute approximate surface area is 162 Å². The second-order valence-electron chi connectivity index (χ2n) is 6.26. The predicted molar refractivity (Wildman–Crippen MR) is 92.1 cm³/mol. The van der Waals surface area contributed by atoms with Crippen LogP contribution in [0.15, 0.2) is 53.1 Å². The van der Waals surface area contributed by atoms with Crippen molar-refractivity contribution in [3.8, 4) is 17.1 Å². The molecule has 0 bridgehead atoms. The molecule has 4 rings (SSSR count). The maximum Gasteiger partial charge on any atom is 0.471 e. The fraction of sp³-hybridized carbons (Fsp3) is 0.211. The average molecular weight is 405 g/mol. The Morgan fingerprint density at radius 1 is 1.17 bits per heavy atom. The van der Waals surface area contributed by atoms with Crippen molar-refractivity contribution < 1.29 is 32.1 Å². The maximum absolute atomic E-state index is 12.7. The molecule has 150 valence electrons. The number of nitrogens with zero attached hydrogens (tertiary/aromatic N) is 3. The van der Waals surface area contributed by atoms with Crippen molar-refractivity contribution in [1.82, 2.24) is 15.2 Å². The van der Waals surface area contributed by atoms with E-state index >= 15 is 0 Å². The molecule has 0 aliphatic carbocycles. The fourth-order valence-corrected chi connectivity index (χ4v) is 3.05. The van der Waals surface area contributed by atoms with E-state index in [-0.39, 0.29) is 25.0 Å². The Kier molecular flexibility index (Phi) is 4.93. The summed E-state index contributed by atoms with van der Waals surface area (Å²) in [5, 5.41) is 4.88. The van der Waals surface area contributed by atoms with Gasteiger partial charge < -0.3 is 14.1 Å². The number of benzene rings is 2. The first-order valence-electron chi connectivity index (χ1n) is 8.54. The van der Waals surface area contributed by atoms with Gasteiger partial charge in [0.25, 0.3) is 0 Å². The van der Waals surface area contributed by atoms with Crippen molar-refractivity contribution >= 4 is 6.47 Å². The lowest BCUT2D eigenvalue weighted by atomic mass is 10.1. The van der Waals surface area contributed by atoms with E-state index in [1.54, 1.807) is 12.1 Å². The van der Waals surface area contributed by atoms with Gasteiger partial charge in [-0.3, -0.25) is 4.79 Å². The number of rotatable bonds is 4. The van der Waals surface area contributed by atoms with Gasteiger partial charge in [0.2, 0.25) is 5.82 Å². The summed E-state index contributed by atoms with van der Waals surface area (Å²) < 4.78 is 48.2. The van der Waals surface area contributed by atoms with Crippen molar-refractivity contribution in [2.45, 2.75) is 18.8 Å². The van der Waals surface area contributed by atoms with Gasteiger partial charge in [0.05, 0.1) is 6.54 Å². The van der Waals surface area contributed by atoms with E-state index in [2.05, 4.69) is 14.7 Å². The van der Waals surface area contributed by atoms with Crippen molar-refractivity contribution in [3.05, 3.63) is 65.5 Å². The third-order valence-electron chi connectivity index (χ3n) is 4.43. The summed E-state index contributed by atoms with van der Waals surface area (Å²) in [5.41, 5.74) is 1.88. The highest BCUT2D eigenvalue weighted by atomic mass is 19.4. The largest absolute Gasteiger partial charge is 0.491 e. The molecule has 1 aliphatic rings. The van der Waals surface area contributed by atoms with Crippen molar-refractivity contribution in [1.29, 1.82) is 0 Å². The summed E-state index contributed by atoms with van der Waals surface area (Å²) in [6.07, 6.45) is -4.72. The molecule has 0 radical (unpaired) electrons. The van der Waals surface area contributed by atoms with Crippen molar-refractivity contribution in [3.63, 3.8) is 0 Å². The maximum atomic E-state index is 12.7. The molecule has 3 aromatic rings. The summed E-state index contributed by atoms with van der Waals surface area (Å²) in [5.74, 6) is -1.19. The molecular formula is C19H14F3N3O4. The summed E-state index contributed by atoms with van der Waals surface area (Å²) in [6, 6.07) is 13.7. The summed E-state index contributed by atoms with van der Waals surface area (Å²) in [7, 11) is 0. The number of hydrogen-bond donors (Lipinski definition) is 0. The molecule has 29 heavy (non-hydrogen) atoms. The number of hydroxylamine groups is 2. The van der Waals surface area contributed by atoms with Crippen LogP contribution in [-0.4, -0.2) is 28.3 Å². The van der Waals surface area contributed by atoms with E-state index in [1.807, 2.05) is 30.3 Å². The topological polar surface area (TPSA) is 77.7 Å². The smallest absolute Gasteiger partial charge is 0.471 e. The van der Waals surface area contributed by atoms with Gasteiger partial charge in [-0.15, -0.1) is 5.06 Å². The number of carbonyl (C=O) groups is 1. The van der Waals surface area contributed by atoms with Crippen LogP contribution in [0.3, 0.4) is 0 Å². The molecule has 0 saturated heterocycles. The van der Waals surface area contributed by atoms with Crippen molar-refractivity contribution in [2.75, 3.05) is 6.61 Å². The van der Waals surface area contributed by atoms with Gasteiger partial charge in [-0.25, -0.2) is 0 Å². The predicted octanol–water partition coefficient (Wildman–Crippen LogP) is 3.78. The lowest BCUT2D eigenvalue weighted by molar-refractivity contribution is -0.192. The third kappa shape index (κ3) is 3.92. The number of fused-ring (bicyclic) bond motifs is 1. The van der Waals surface area contributed by atoms with E-state index in [9.17, 15) is 18.0 Å². The number of aromatic nitrogens is 2. The van der Waals surface area contributed by atoms with Crippen LogP contribution in [-0.2, 0) is 22.4 Å². The zero-order chi connectivity index (χ0) is 20.4. The van der Waals surface area contributed by atoms with Crippen LogP contribution >= 0.6 is 0 Å². The van der Waals surface area contributed by atoms with Gasteiger partial charge >= 0.3 is 18.5 Å². The molecule has 0 saturated carbocycles. The van der Waals surface area contributed by atoms with Crippen LogP contribution in [0, 0.1) is 0 Å². The highest BCUT2D eigenvalue weighted by Gasteiger charge is 2.38. The first-order chi connectivity index (χ1) is 14.0. The quantitative estimate of drug-likeness (QED) is 0.612. The first kappa shape index (κ1) is 18.9. The Hall–Kier alpha value is -3.40. The zero-order valence-electron chi connectivity index (χ0n) is 14.8. The lowest BCUT2D eigenvalue weighted by Gasteiger charge is -2.25.